The maximum atomic E-state index is 12.0. The number of nitrogens with zero attached hydrogens (tertiary/aromatic N) is 4. The van der Waals surface area contributed by atoms with E-state index in [0.717, 1.165) is 6.42 Å². The lowest BCUT2D eigenvalue weighted by molar-refractivity contribution is 0.0937. The summed E-state index contributed by atoms with van der Waals surface area (Å²) in [5, 5.41) is 2.88. The number of hydrogen-bond donors (Lipinski definition) is 1. The van der Waals surface area contributed by atoms with Gasteiger partial charge >= 0.3 is 6.09 Å². The van der Waals surface area contributed by atoms with Crippen molar-refractivity contribution in [2.24, 2.45) is 0 Å². The Balaban J connectivity index is 1.90. The summed E-state index contributed by atoms with van der Waals surface area (Å²) in [5.41, 5.74) is 0.448. The first-order chi connectivity index (χ1) is 11.5. The van der Waals surface area contributed by atoms with Crippen LogP contribution >= 0.6 is 0 Å². The number of rotatable bonds is 5. The zero-order valence-electron chi connectivity index (χ0n) is 14.5. The largest absolute Gasteiger partial charge is 0.450 e. The molecule has 2 amide bonds. The standard InChI is InChI=1S/C16H25N5O3/c1-4-12(3)19-14(22)13-10-17-15(18-11-13)20-6-8-21(9-7-20)16(23)24-5-2/h10-12H,4-9H2,1-3H3,(H,19,22). The van der Waals surface area contributed by atoms with Crippen LogP contribution in [0.3, 0.4) is 0 Å². The highest BCUT2D eigenvalue weighted by Crippen LogP contribution is 2.12. The first-order valence-corrected chi connectivity index (χ1v) is 8.34. The molecule has 132 valence electrons. The van der Waals surface area contributed by atoms with Crippen molar-refractivity contribution in [3.05, 3.63) is 18.0 Å². The van der Waals surface area contributed by atoms with Gasteiger partial charge in [0.05, 0.1) is 12.2 Å². The van der Waals surface area contributed by atoms with Crippen LogP contribution in [0, 0.1) is 0 Å². The Kier molecular flexibility index (Phi) is 6.34. The van der Waals surface area contributed by atoms with E-state index in [4.69, 9.17) is 4.74 Å². The normalized spacial score (nSPS) is 15.8. The minimum Gasteiger partial charge on any atom is -0.450 e. The fourth-order valence-electron chi connectivity index (χ4n) is 2.31. The number of ether oxygens (including phenoxy) is 1. The quantitative estimate of drug-likeness (QED) is 0.872. The molecule has 2 heterocycles. The van der Waals surface area contributed by atoms with E-state index in [0.29, 0.717) is 44.3 Å². The monoisotopic (exact) mass is 335 g/mol. The number of amides is 2. The Bertz CT molecular complexity index is 555. The molecular formula is C16H25N5O3. The molecule has 1 aromatic rings. The summed E-state index contributed by atoms with van der Waals surface area (Å²) in [5.74, 6) is 0.404. The second-order valence-corrected chi connectivity index (χ2v) is 5.73. The van der Waals surface area contributed by atoms with Crippen LogP contribution in [0.25, 0.3) is 0 Å². The van der Waals surface area contributed by atoms with E-state index in [9.17, 15) is 9.59 Å². The smallest absolute Gasteiger partial charge is 0.409 e. The lowest BCUT2D eigenvalue weighted by Gasteiger charge is -2.33. The molecule has 1 unspecified atom stereocenters. The molecule has 0 saturated carbocycles. The van der Waals surface area contributed by atoms with Crippen molar-refractivity contribution in [3.8, 4) is 0 Å². The van der Waals surface area contributed by atoms with Crippen LogP contribution in [0.5, 0.6) is 0 Å². The van der Waals surface area contributed by atoms with Gasteiger partial charge in [-0.3, -0.25) is 4.79 Å². The van der Waals surface area contributed by atoms with Gasteiger partial charge < -0.3 is 19.9 Å². The van der Waals surface area contributed by atoms with Crippen LogP contribution in [-0.4, -0.2) is 65.7 Å². The first-order valence-electron chi connectivity index (χ1n) is 8.34. The summed E-state index contributed by atoms with van der Waals surface area (Å²) in [4.78, 5) is 35.9. The summed E-state index contributed by atoms with van der Waals surface area (Å²) >= 11 is 0. The molecule has 0 spiro atoms. The van der Waals surface area contributed by atoms with Crippen LogP contribution in [0.2, 0.25) is 0 Å². The zero-order chi connectivity index (χ0) is 17.5. The van der Waals surface area contributed by atoms with E-state index in [1.54, 1.807) is 11.8 Å². The highest BCUT2D eigenvalue weighted by atomic mass is 16.6. The Labute approximate surface area is 142 Å². The van der Waals surface area contributed by atoms with Gasteiger partial charge in [-0.25, -0.2) is 14.8 Å². The Morgan fingerprint density at radius 3 is 2.38 bits per heavy atom. The van der Waals surface area contributed by atoms with Crippen LogP contribution in [-0.2, 0) is 4.74 Å². The lowest BCUT2D eigenvalue weighted by Crippen LogP contribution is -2.49. The van der Waals surface area contributed by atoms with Crippen LogP contribution in [0.4, 0.5) is 10.7 Å². The zero-order valence-corrected chi connectivity index (χ0v) is 14.5. The molecule has 8 heteroatoms. The van der Waals surface area contributed by atoms with Gasteiger partial charge in [0.2, 0.25) is 5.95 Å². The number of carbonyl (C=O) groups excluding carboxylic acids is 2. The SMILES string of the molecule is CCOC(=O)N1CCN(c2ncc(C(=O)NC(C)CC)cn2)CC1. The van der Waals surface area contributed by atoms with Crippen molar-refractivity contribution in [1.29, 1.82) is 0 Å². The van der Waals surface area contributed by atoms with Crippen molar-refractivity contribution in [2.75, 3.05) is 37.7 Å². The first kappa shape index (κ1) is 18.0. The van der Waals surface area contributed by atoms with Crippen molar-refractivity contribution in [1.82, 2.24) is 20.2 Å². The fourth-order valence-corrected chi connectivity index (χ4v) is 2.31. The highest BCUT2D eigenvalue weighted by Gasteiger charge is 2.23. The number of aromatic nitrogens is 2. The topological polar surface area (TPSA) is 87.7 Å². The molecule has 0 aliphatic carbocycles. The molecule has 1 N–H and O–H groups in total. The molecule has 0 bridgehead atoms. The molecule has 0 radical (unpaired) electrons. The number of piperazine rings is 1. The highest BCUT2D eigenvalue weighted by molar-refractivity contribution is 5.93. The van der Waals surface area contributed by atoms with Gasteiger partial charge in [0.15, 0.2) is 0 Å². The van der Waals surface area contributed by atoms with Crippen molar-refractivity contribution in [3.63, 3.8) is 0 Å². The summed E-state index contributed by atoms with van der Waals surface area (Å²) in [6.45, 7) is 8.55. The van der Waals surface area contributed by atoms with Gasteiger partial charge in [-0.2, -0.15) is 0 Å². The molecule has 24 heavy (non-hydrogen) atoms. The third-order valence-corrected chi connectivity index (χ3v) is 3.98. The predicted octanol–water partition coefficient (Wildman–Crippen LogP) is 1.28. The summed E-state index contributed by atoms with van der Waals surface area (Å²) in [7, 11) is 0. The molecule has 1 saturated heterocycles. The molecular weight excluding hydrogens is 310 g/mol. The maximum Gasteiger partial charge on any atom is 0.409 e. The Hall–Kier alpha value is -2.38. The molecule has 8 nitrogen and oxygen atoms in total. The van der Waals surface area contributed by atoms with Crippen LogP contribution < -0.4 is 10.2 Å². The molecule has 1 atom stereocenters. The van der Waals surface area contributed by atoms with Crippen LogP contribution in [0.1, 0.15) is 37.6 Å². The predicted molar refractivity (Wildman–Crippen MR) is 90.1 cm³/mol. The third kappa shape index (κ3) is 4.56. The summed E-state index contributed by atoms with van der Waals surface area (Å²) in [6, 6.07) is 0.119. The van der Waals surface area contributed by atoms with Gasteiger partial charge in [-0.05, 0) is 20.3 Å². The summed E-state index contributed by atoms with van der Waals surface area (Å²) < 4.78 is 5.00. The second kappa shape index (κ2) is 8.47. The van der Waals surface area contributed by atoms with E-state index in [2.05, 4.69) is 15.3 Å². The minimum atomic E-state index is -0.282. The van der Waals surface area contributed by atoms with Gasteiger partial charge in [-0.1, -0.05) is 6.92 Å². The Morgan fingerprint density at radius 1 is 1.21 bits per heavy atom. The van der Waals surface area contributed by atoms with Gasteiger partial charge in [0.25, 0.3) is 5.91 Å². The molecule has 1 aliphatic rings. The number of anilines is 1. The van der Waals surface area contributed by atoms with Gasteiger partial charge in [0, 0.05) is 44.6 Å². The van der Waals surface area contributed by atoms with E-state index < -0.39 is 0 Å². The maximum absolute atomic E-state index is 12.0. The molecule has 1 aliphatic heterocycles. The number of hydrogen-bond acceptors (Lipinski definition) is 6. The van der Waals surface area contributed by atoms with E-state index in [1.165, 1.54) is 12.4 Å². The fraction of sp³-hybridized carbons (Fsp3) is 0.625. The van der Waals surface area contributed by atoms with E-state index in [-0.39, 0.29) is 18.0 Å². The number of nitrogens with one attached hydrogen (secondary N) is 1. The average molecular weight is 335 g/mol. The molecule has 0 aromatic carbocycles. The molecule has 1 fully saturated rings. The second-order valence-electron chi connectivity index (χ2n) is 5.73. The van der Waals surface area contributed by atoms with Crippen molar-refractivity contribution in [2.45, 2.75) is 33.2 Å². The van der Waals surface area contributed by atoms with Gasteiger partial charge in [-0.15, -0.1) is 0 Å². The van der Waals surface area contributed by atoms with Crippen molar-refractivity contribution < 1.29 is 14.3 Å². The molecule has 2 rings (SSSR count). The average Bonchev–Trinajstić information content (AvgIpc) is 2.62. The Morgan fingerprint density at radius 2 is 1.83 bits per heavy atom. The van der Waals surface area contributed by atoms with E-state index in [1.807, 2.05) is 18.7 Å². The van der Waals surface area contributed by atoms with E-state index >= 15 is 0 Å². The third-order valence-electron chi connectivity index (χ3n) is 3.98. The summed E-state index contributed by atoms with van der Waals surface area (Å²) in [6.07, 6.45) is 3.67. The van der Waals surface area contributed by atoms with Crippen LogP contribution in [0.15, 0.2) is 12.4 Å². The minimum absolute atomic E-state index is 0.119. The van der Waals surface area contributed by atoms with Crippen molar-refractivity contribution >= 4 is 17.9 Å². The number of carbonyl (C=O) groups is 2. The molecule has 1 aromatic heterocycles. The lowest BCUT2D eigenvalue weighted by atomic mass is 10.2. The van der Waals surface area contributed by atoms with Gasteiger partial charge in [0.1, 0.15) is 0 Å².